The van der Waals surface area contributed by atoms with Crippen molar-refractivity contribution in [1.82, 2.24) is 24.8 Å². The number of pyridine rings is 2. The SMILES string of the molecule is Cc1cc(-c2cncnc2)cc(C2CCN(C(=O)c3cccc4cccnc34)C2)n1. The Labute approximate surface area is 174 Å². The van der Waals surface area contributed by atoms with Crippen molar-refractivity contribution in [3.63, 3.8) is 0 Å². The molecule has 4 heterocycles. The van der Waals surface area contributed by atoms with Crippen LogP contribution in [0, 0.1) is 6.92 Å². The van der Waals surface area contributed by atoms with Crippen molar-refractivity contribution >= 4 is 16.8 Å². The molecule has 5 rings (SSSR count). The summed E-state index contributed by atoms with van der Waals surface area (Å²) in [6.07, 6.45) is 7.77. The van der Waals surface area contributed by atoms with Gasteiger partial charge in [0.05, 0.1) is 11.1 Å². The zero-order chi connectivity index (χ0) is 20.5. The number of carbonyl (C=O) groups excluding carboxylic acids is 1. The number of rotatable bonds is 3. The van der Waals surface area contributed by atoms with Crippen molar-refractivity contribution in [3.8, 4) is 11.1 Å². The third kappa shape index (κ3) is 3.41. The fourth-order valence-electron chi connectivity index (χ4n) is 4.15. The summed E-state index contributed by atoms with van der Waals surface area (Å²) in [4.78, 5) is 32.6. The van der Waals surface area contributed by atoms with Crippen LogP contribution in [-0.4, -0.2) is 43.8 Å². The van der Waals surface area contributed by atoms with Gasteiger partial charge in [-0.05, 0) is 43.2 Å². The van der Waals surface area contributed by atoms with Crippen molar-refractivity contribution in [1.29, 1.82) is 0 Å². The Morgan fingerprint density at radius 1 is 1.07 bits per heavy atom. The van der Waals surface area contributed by atoms with E-state index in [0.29, 0.717) is 18.7 Å². The van der Waals surface area contributed by atoms with Crippen molar-refractivity contribution < 1.29 is 4.79 Å². The first-order valence-electron chi connectivity index (χ1n) is 10.1. The first-order valence-corrected chi connectivity index (χ1v) is 10.1. The summed E-state index contributed by atoms with van der Waals surface area (Å²) < 4.78 is 0. The zero-order valence-corrected chi connectivity index (χ0v) is 16.7. The van der Waals surface area contributed by atoms with E-state index in [1.54, 1.807) is 6.20 Å². The standard InChI is InChI=1S/C24H21N5O/c1-16-10-19(20-12-25-15-26-13-20)11-22(28-16)18-7-9-29(14-18)24(30)21-6-2-4-17-5-3-8-27-23(17)21/h2-6,8,10-13,15,18H,7,9,14H2,1H3. The number of nitrogens with zero attached hydrogens (tertiary/aromatic N) is 5. The highest BCUT2D eigenvalue weighted by Gasteiger charge is 2.30. The molecule has 148 valence electrons. The third-order valence-electron chi connectivity index (χ3n) is 5.62. The minimum absolute atomic E-state index is 0.0335. The average Bonchev–Trinajstić information content (AvgIpc) is 3.29. The second-order valence-corrected chi connectivity index (χ2v) is 7.67. The largest absolute Gasteiger partial charge is 0.338 e. The average molecular weight is 395 g/mol. The molecule has 1 atom stereocenters. The van der Waals surface area contributed by atoms with Crippen LogP contribution in [0.25, 0.3) is 22.0 Å². The van der Waals surface area contributed by atoms with Gasteiger partial charge in [-0.3, -0.25) is 14.8 Å². The number of amides is 1. The molecule has 6 nitrogen and oxygen atoms in total. The molecule has 3 aromatic heterocycles. The normalized spacial score (nSPS) is 16.2. The first kappa shape index (κ1) is 18.4. The number of hydrogen-bond donors (Lipinski definition) is 0. The van der Waals surface area contributed by atoms with Crippen LogP contribution in [0.3, 0.4) is 0 Å². The number of likely N-dealkylation sites (tertiary alicyclic amines) is 1. The monoisotopic (exact) mass is 395 g/mol. The highest BCUT2D eigenvalue weighted by atomic mass is 16.2. The molecule has 1 aliphatic rings. The molecular weight excluding hydrogens is 374 g/mol. The number of hydrogen-bond acceptors (Lipinski definition) is 5. The Morgan fingerprint density at radius 2 is 1.90 bits per heavy atom. The molecule has 0 radical (unpaired) electrons. The molecule has 4 aromatic rings. The molecular formula is C24H21N5O. The maximum atomic E-state index is 13.2. The lowest BCUT2D eigenvalue weighted by atomic mass is 10.00. The predicted molar refractivity (Wildman–Crippen MR) is 115 cm³/mol. The number of carbonyl (C=O) groups is 1. The van der Waals surface area contributed by atoms with Crippen LogP contribution in [0.2, 0.25) is 0 Å². The lowest BCUT2D eigenvalue weighted by molar-refractivity contribution is 0.0792. The van der Waals surface area contributed by atoms with Gasteiger partial charge in [-0.25, -0.2) is 9.97 Å². The Morgan fingerprint density at radius 3 is 2.77 bits per heavy atom. The van der Waals surface area contributed by atoms with Gasteiger partial charge in [-0.2, -0.15) is 0 Å². The van der Waals surface area contributed by atoms with E-state index in [9.17, 15) is 4.79 Å². The van der Waals surface area contributed by atoms with Gasteiger partial charge < -0.3 is 4.90 Å². The minimum atomic E-state index is 0.0335. The molecule has 0 bridgehead atoms. The molecule has 0 spiro atoms. The van der Waals surface area contributed by atoms with Crippen molar-refractivity contribution in [3.05, 3.63) is 84.3 Å². The summed E-state index contributed by atoms with van der Waals surface area (Å²) in [6, 6.07) is 13.8. The van der Waals surface area contributed by atoms with Crippen LogP contribution in [-0.2, 0) is 0 Å². The van der Waals surface area contributed by atoms with Crippen LogP contribution < -0.4 is 0 Å². The molecule has 1 aromatic carbocycles. The van der Waals surface area contributed by atoms with E-state index < -0.39 is 0 Å². The molecule has 1 saturated heterocycles. The van der Waals surface area contributed by atoms with Gasteiger partial charge in [0, 0.05) is 59.9 Å². The van der Waals surface area contributed by atoms with Gasteiger partial charge in [-0.1, -0.05) is 18.2 Å². The van der Waals surface area contributed by atoms with E-state index in [2.05, 4.69) is 21.0 Å². The number of benzene rings is 1. The molecule has 0 saturated carbocycles. The number of aryl methyl sites for hydroxylation is 1. The van der Waals surface area contributed by atoms with Gasteiger partial charge >= 0.3 is 0 Å². The molecule has 6 heteroatoms. The van der Waals surface area contributed by atoms with Gasteiger partial charge in [-0.15, -0.1) is 0 Å². The van der Waals surface area contributed by atoms with E-state index >= 15 is 0 Å². The van der Waals surface area contributed by atoms with Gasteiger partial charge in [0.1, 0.15) is 6.33 Å². The summed E-state index contributed by atoms with van der Waals surface area (Å²) >= 11 is 0. The van der Waals surface area contributed by atoms with E-state index in [-0.39, 0.29) is 11.8 Å². The summed E-state index contributed by atoms with van der Waals surface area (Å²) in [5, 5.41) is 0.981. The van der Waals surface area contributed by atoms with Gasteiger partial charge in [0.25, 0.3) is 5.91 Å². The number of aromatic nitrogens is 4. The maximum Gasteiger partial charge on any atom is 0.256 e. The van der Waals surface area contributed by atoms with Gasteiger partial charge in [0.15, 0.2) is 0 Å². The number of para-hydroxylation sites is 1. The third-order valence-corrected chi connectivity index (χ3v) is 5.62. The van der Waals surface area contributed by atoms with Crippen molar-refractivity contribution in [2.24, 2.45) is 0 Å². The Bertz CT molecular complexity index is 1220. The molecule has 1 aliphatic heterocycles. The summed E-state index contributed by atoms with van der Waals surface area (Å²) in [5.74, 6) is 0.242. The van der Waals surface area contributed by atoms with Gasteiger partial charge in [0.2, 0.25) is 0 Å². The van der Waals surface area contributed by atoms with E-state index in [1.165, 1.54) is 6.33 Å². The second kappa shape index (κ2) is 7.63. The summed E-state index contributed by atoms with van der Waals surface area (Å²) in [5.41, 5.74) is 5.41. The van der Waals surface area contributed by atoms with Crippen LogP contribution >= 0.6 is 0 Å². The zero-order valence-electron chi connectivity index (χ0n) is 16.7. The first-order chi connectivity index (χ1) is 14.7. The smallest absolute Gasteiger partial charge is 0.256 e. The van der Waals surface area contributed by atoms with E-state index in [4.69, 9.17) is 4.98 Å². The fourth-order valence-corrected chi connectivity index (χ4v) is 4.15. The highest BCUT2D eigenvalue weighted by molar-refractivity contribution is 6.05. The molecule has 1 amide bonds. The predicted octanol–water partition coefficient (Wildman–Crippen LogP) is 4.02. The van der Waals surface area contributed by atoms with Crippen molar-refractivity contribution in [2.75, 3.05) is 13.1 Å². The van der Waals surface area contributed by atoms with Crippen LogP contribution in [0.1, 0.15) is 34.1 Å². The molecule has 0 N–H and O–H groups in total. The highest BCUT2D eigenvalue weighted by Crippen LogP contribution is 2.31. The number of fused-ring (bicyclic) bond motifs is 1. The molecule has 0 aliphatic carbocycles. The summed E-state index contributed by atoms with van der Waals surface area (Å²) in [7, 11) is 0. The Balaban J connectivity index is 1.41. The quantitative estimate of drug-likeness (QED) is 0.524. The Hall–Kier alpha value is -3.67. The molecule has 1 unspecified atom stereocenters. The van der Waals surface area contributed by atoms with Crippen LogP contribution in [0.5, 0.6) is 0 Å². The van der Waals surface area contributed by atoms with E-state index in [1.807, 2.05) is 60.6 Å². The van der Waals surface area contributed by atoms with Crippen LogP contribution in [0.15, 0.2) is 67.4 Å². The minimum Gasteiger partial charge on any atom is -0.338 e. The second-order valence-electron chi connectivity index (χ2n) is 7.67. The molecule has 1 fully saturated rings. The lowest BCUT2D eigenvalue weighted by Crippen LogP contribution is -2.28. The fraction of sp³-hybridized carbons (Fsp3) is 0.208. The van der Waals surface area contributed by atoms with Crippen molar-refractivity contribution in [2.45, 2.75) is 19.3 Å². The Kier molecular flexibility index (Phi) is 4.67. The van der Waals surface area contributed by atoms with Crippen LogP contribution in [0.4, 0.5) is 0 Å². The summed E-state index contributed by atoms with van der Waals surface area (Å²) in [6.45, 7) is 3.37. The van der Waals surface area contributed by atoms with E-state index in [0.717, 1.165) is 39.8 Å². The topological polar surface area (TPSA) is 71.9 Å². The maximum absolute atomic E-state index is 13.2. The molecule has 30 heavy (non-hydrogen) atoms. The lowest BCUT2D eigenvalue weighted by Gasteiger charge is -2.18.